The molecule has 2 bridgehead atoms. The molecule has 4 aliphatic heterocycles. The Morgan fingerprint density at radius 3 is 2.92 bits per heavy atom. The zero-order chi connectivity index (χ0) is 35.9. The zero-order valence-electron chi connectivity index (χ0n) is 30.0. The highest BCUT2D eigenvalue weighted by atomic mass is 19.1. The van der Waals surface area contributed by atoms with Crippen molar-refractivity contribution in [2.45, 2.75) is 81.8 Å². The maximum absolute atomic E-state index is 17.1. The first-order valence-electron chi connectivity index (χ1n) is 18.3. The first-order chi connectivity index (χ1) is 24.3. The molecule has 3 unspecified atom stereocenters. The van der Waals surface area contributed by atoms with Gasteiger partial charge < -0.3 is 24.8 Å². The average Bonchev–Trinajstić information content (AvgIpc) is 3.71. The molecule has 8 rings (SSSR count). The summed E-state index contributed by atoms with van der Waals surface area (Å²) in [6, 6.07) is 5.66. The summed E-state index contributed by atoms with van der Waals surface area (Å²) < 4.78 is 81.7. The van der Waals surface area contributed by atoms with Crippen molar-refractivity contribution in [3.63, 3.8) is 0 Å². The lowest BCUT2D eigenvalue weighted by molar-refractivity contribution is 0.0350. The van der Waals surface area contributed by atoms with E-state index in [9.17, 15) is 9.50 Å². The molecular formula is C36H41F3N6O3. The molecule has 2 aromatic heterocycles. The average molecular weight is 666 g/mol. The number of benzene rings is 2. The fraction of sp³-hybridized carbons (Fsp3) is 0.528. The Balaban J connectivity index is 1.26. The number of ether oxygens (including phenoxy) is 2. The number of rotatable bonds is 8. The van der Waals surface area contributed by atoms with Crippen LogP contribution in [0.15, 0.2) is 30.5 Å². The molecule has 4 aliphatic rings. The summed E-state index contributed by atoms with van der Waals surface area (Å²) in [6.45, 7) is 5.60. The van der Waals surface area contributed by atoms with E-state index in [-0.39, 0.29) is 41.2 Å². The van der Waals surface area contributed by atoms with E-state index in [0.29, 0.717) is 66.4 Å². The van der Waals surface area contributed by atoms with Crippen molar-refractivity contribution in [3.05, 3.63) is 47.7 Å². The Morgan fingerprint density at radius 2 is 2.08 bits per heavy atom. The van der Waals surface area contributed by atoms with Crippen LogP contribution < -0.4 is 15.0 Å². The zero-order valence-corrected chi connectivity index (χ0v) is 27.0. The number of hydrogen-bond acceptors (Lipinski definition) is 9. The SMILES string of the molecule is [2H]C([2H])([2H])OC(C)C12CCC(CN(c3nc(OC[C@@]45CCCN4C[C@H](F)C5)nc4c(F)c(-c5cc(O)cc6ccc(F)c(CC)c56)ncc34)C1)N2. The lowest BCUT2D eigenvalue weighted by Gasteiger charge is -2.44. The highest BCUT2D eigenvalue weighted by molar-refractivity contribution is 6.01. The molecule has 5 atom stereocenters. The van der Waals surface area contributed by atoms with E-state index in [1.54, 1.807) is 19.9 Å². The Hall–Kier alpha value is -3.74. The van der Waals surface area contributed by atoms with Crippen LogP contribution in [0, 0.1) is 11.6 Å². The van der Waals surface area contributed by atoms with Crippen molar-refractivity contribution in [2.75, 3.05) is 44.7 Å². The van der Waals surface area contributed by atoms with E-state index in [1.807, 2.05) is 4.90 Å². The topological polar surface area (TPSA) is 95.9 Å². The second-order valence-electron chi connectivity index (χ2n) is 14.0. The second-order valence-corrected chi connectivity index (χ2v) is 14.0. The van der Waals surface area contributed by atoms with Crippen molar-refractivity contribution in [1.82, 2.24) is 25.2 Å². The number of methoxy groups -OCH3 is 1. The minimum atomic E-state index is -2.59. The first kappa shape index (κ1) is 28.1. The number of fused-ring (bicyclic) bond motifs is 5. The van der Waals surface area contributed by atoms with E-state index in [0.717, 1.165) is 25.8 Å². The van der Waals surface area contributed by atoms with E-state index < -0.39 is 42.0 Å². The van der Waals surface area contributed by atoms with E-state index in [1.165, 1.54) is 24.4 Å². The van der Waals surface area contributed by atoms with Crippen LogP contribution in [0.4, 0.5) is 19.0 Å². The lowest BCUT2D eigenvalue weighted by Crippen LogP contribution is -2.64. The Kier molecular flexibility index (Phi) is 6.86. The third-order valence-electron chi connectivity index (χ3n) is 11.2. The van der Waals surface area contributed by atoms with Crippen LogP contribution in [0.25, 0.3) is 32.9 Å². The van der Waals surface area contributed by atoms with Crippen LogP contribution in [0.1, 0.15) is 55.6 Å². The van der Waals surface area contributed by atoms with Gasteiger partial charge in [-0.2, -0.15) is 9.97 Å². The summed E-state index contributed by atoms with van der Waals surface area (Å²) in [7, 11) is -2.59. The van der Waals surface area contributed by atoms with Crippen molar-refractivity contribution >= 4 is 27.5 Å². The predicted molar refractivity (Wildman–Crippen MR) is 177 cm³/mol. The lowest BCUT2D eigenvalue weighted by atomic mass is 9.90. The van der Waals surface area contributed by atoms with Gasteiger partial charge in [0.2, 0.25) is 0 Å². The van der Waals surface area contributed by atoms with Crippen molar-refractivity contribution < 1.29 is 31.9 Å². The van der Waals surface area contributed by atoms with Gasteiger partial charge in [-0.1, -0.05) is 13.0 Å². The molecule has 254 valence electrons. The van der Waals surface area contributed by atoms with Gasteiger partial charge in [0.05, 0.1) is 26.7 Å². The summed E-state index contributed by atoms with van der Waals surface area (Å²) in [5.41, 5.74) is -0.818. The Morgan fingerprint density at radius 1 is 1.21 bits per heavy atom. The summed E-state index contributed by atoms with van der Waals surface area (Å²) in [5.74, 6) is -1.00. The summed E-state index contributed by atoms with van der Waals surface area (Å²) in [4.78, 5) is 18.1. The Labute approximate surface area is 281 Å². The van der Waals surface area contributed by atoms with Crippen LogP contribution in [-0.2, 0) is 11.2 Å². The quantitative estimate of drug-likeness (QED) is 0.246. The molecule has 0 radical (unpaired) electrons. The number of aromatic nitrogens is 3. The van der Waals surface area contributed by atoms with Crippen LogP contribution in [0.2, 0.25) is 0 Å². The van der Waals surface area contributed by atoms with Crippen LogP contribution in [-0.4, -0.2) is 94.2 Å². The standard InChI is InChI=1S/C36H41F3N6O3/c1-4-25-28(38)7-6-21-12-24(46)13-26(29(21)25)31-30(39)32-27(15-40-31)33(44-17-23-8-10-36(18-44,43-23)20(2)47-3)42-34(41-32)48-19-35-9-5-11-45(35)16-22(37)14-35/h6-7,12-13,15,20,22-23,43,46H,4-5,8-11,14,16-19H2,1-3H3/t20?,22-,23?,35+,36?/m1/s1/i3D3. The van der Waals surface area contributed by atoms with Gasteiger partial charge in [-0.05, 0) is 80.1 Å². The predicted octanol–water partition coefficient (Wildman–Crippen LogP) is 5.69. The van der Waals surface area contributed by atoms with Gasteiger partial charge >= 0.3 is 6.01 Å². The Bertz CT molecular complexity index is 2020. The van der Waals surface area contributed by atoms with E-state index in [4.69, 9.17) is 18.6 Å². The summed E-state index contributed by atoms with van der Waals surface area (Å²) in [5, 5.41) is 15.5. The van der Waals surface area contributed by atoms with Crippen LogP contribution in [0.5, 0.6) is 11.8 Å². The van der Waals surface area contributed by atoms with E-state index in [2.05, 4.69) is 20.2 Å². The monoisotopic (exact) mass is 665 g/mol. The molecule has 0 spiro atoms. The van der Waals surface area contributed by atoms with Gasteiger partial charge in [0.15, 0.2) is 5.82 Å². The molecule has 4 fully saturated rings. The van der Waals surface area contributed by atoms with Crippen molar-refractivity contribution in [3.8, 4) is 23.0 Å². The van der Waals surface area contributed by atoms with Crippen LogP contribution in [0.3, 0.4) is 0 Å². The molecule has 12 heteroatoms. The van der Waals surface area contributed by atoms with Gasteiger partial charge in [-0.3, -0.25) is 9.88 Å². The molecule has 0 saturated carbocycles. The van der Waals surface area contributed by atoms with Crippen molar-refractivity contribution in [2.24, 2.45) is 0 Å². The van der Waals surface area contributed by atoms with Crippen molar-refractivity contribution in [1.29, 1.82) is 0 Å². The highest BCUT2D eigenvalue weighted by Gasteiger charge is 2.50. The highest BCUT2D eigenvalue weighted by Crippen LogP contribution is 2.43. The maximum atomic E-state index is 17.1. The van der Waals surface area contributed by atoms with E-state index >= 15 is 8.78 Å². The number of nitrogens with one attached hydrogen (secondary N) is 1. The van der Waals surface area contributed by atoms with Gasteiger partial charge in [0.1, 0.15) is 41.4 Å². The van der Waals surface area contributed by atoms with Crippen LogP contribution >= 0.6 is 0 Å². The number of halogens is 3. The number of anilines is 1. The number of piperazine rings is 1. The fourth-order valence-electron chi connectivity index (χ4n) is 8.83. The first-order valence-corrected chi connectivity index (χ1v) is 16.8. The molecule has 0 aliphatic carbocycles. The molecule has 48 heavy (non-hydrogen) atoms. The van der Waals surface area contributed by atoms with Gasteiger partial charge in [0, 0.05) is 50.9 Å². The smallest absolute Gasteiger partial charge is 0.319 e. The van der Waals surface area contributed by atoms with Gasteiger partial charge in [-0.25, -0.2) is 13.2 Å². The second kappa shape index (κ2) is 11.7. The minimum Gasteiger partial charge on any atom is -0.508 e. The maximum Gasteiger partial charge on any atom is 0.319 e. The molecule has 2 N–H and O–H groups in total. The number of aromatic hydroxyl groups is 1. The molecule has 4 aromatic rings. The molecule has 2 aromatic carbocycles. The number of hydrogen-bond donors (Lipinski definition) is 2. The number of phenolic OH excluding ortho intramolecular Hbond substituents is 1. The summed E-state index contributed by atoms with van der Waals surface area (Å²) in [6.07, 6.45) is 3.62. The number of nitrogens with zero attached hydrogens (tertiary/aromatic N) is 5. The number of aryl methyl sites for hydroxylation is 1. The third kappa shape index (κ3) is 4.97. The number of alkyl halides is 1. The fourth-order valence-corrected chi connectivity index (χ4v) is 8.83. The molecule has 9 nitrogen and oxygen atoms in total. The number of phenols is 1. The summed E-state index contributed by atoms with van der Waals surface area (Å²) >= 11 is 0. The number of pyridine rings is 1. The largest absolute Gasteiger partial charge is 0.508 e. The third-order valence-corrected chi connectivity index (χ3v) is 11.2. The van der Waals surface area contributed by atoms with Gasteiger partial charge in [0.25, 0.3) is 0 Å². The molecular weight excluding hydrogens is 621 g/mol. The normalized spacial score (nSPS) is 28.9. The molecule has 4 saturated heterocycles. The minimum absolute atomic E-state index is 0.0141. The molecule has 6 heterocycles. The van der Waals surface area contributed by atoms with Gasteiger partial charge in [-0.15, -0.1) is 0 Å². The molecule has 0 amide bonds.